The van der Waals surface area contributed by atoms with Gasteiger partial charge < -0.3 is 5.73 Å². The summed E-state index contributed by atoms with van der Waals surface area (Å²) in [5.74, 6) is 0.498. The topological polar surface area (TPSA) is 88.5 Å². The quantitative estimate of drug-likeness (QED) is 0.932. The van der Waals surface area contributed by atoms with E-state index in [0.717, 1.165) is 11.3 Å². The van der Waals surface area contributed by atoms with Gasteiger partial charge in [0.05, 0.1) is 30.1 Å². The molecule has 110 valence electrons. The number of anilines is 1. The standard InChI is InChI=1S/C14H15N5.C2H6/c1-9(2)11(5-15)10-3-4-12(17-6-10)13-7-19-14(16)8-18-13;1-2/h3-4,6-9,11H,1-2H3,(H2,16,19);1-2H3. The molecule has 0 aliphatic carbocycles. The summed E-state index contributed by atoms with van der Waals surface area (Å²) in [7, 11) is 0. The van der Waals surface area contributed by atoms with Crippen LogP contribution in [0.3, 0.4) is 0 Å². The number of hydrogen-bond acceptors (Lipinski definition) is 5. The fourth-order valence-corrected chi connectivity index (χ4v) is 1.82. The molecule has 0 spiro atoms. The van der Waals surface area contributed by atoms with E-state index in [-0.39, 0.29) is 11.8 Å². The molecule has 2 N–H and O–H groups in total. The maximum atomic E-state index is 9.15. The molecule has 0 aromatic carbocycles. The van der Waals surface area contributed by atoms with Gasteiger partial charge in [-0.3, -0.25) is 4.98 Å². The molecule has 2 heterocycles. The molecule has 1 unspecified atom stereocenters. The van der Waals surface area contributed by atoms with Gasteiger partial charge in [0.2, 0.25) is 0 Å². The molecule has 5 heteroatoms. The van der Waals surface area contributed by atoms with Crippen LogP contribution < -0.4 is 5.73 Å². The Morgan fingerprint density at radius 3 is 2.10 bits per heavy atom. The average Bonchev–Trinajstić information content (AvgIpc) is 2.51. The highest BCUT2D eigenvalue weighted by Crippen LogP contribution is 2.24. The summed E-state index contributed by atoms with van der Waals surface area (Å²) >= 11 is 0. The van der Waals surface area contributed by atoms with E-state index >= 15 is 0 Å². The molecular weight excluding hydrogens is 262 g/mol. The second kappa shape index (κ2) is 7.95. The van der Waals surface area contributed by atoms with Crippen molar-refractivity contribution >= 4 is 5.82 Å². The number of rotatable bonds is 3. The van der Waals surface area contributed by atoms with Crippen molar-refractivity contribution in [3.63, 3.8) is 0 Å². The number of aromatic nitrogens is 3. The third-order valence-corrected chi connectivity index (χ3v) is 2.89. The highest BCUT2D eigenvalue weighted by molar-refractivity contribution is 5.53. The highest BCUT2D eigenvalue weighted by Gasteiger charge is 2.15. The minimum atomic E-state index is -0.140. The van der Waals surface area contributed by atoms with Gasteiger partial charge in [-0.2, -0.15) is 5.26 Å². The number of nitrogens with zero attached hydrogens (tertiary/aromatic N) is 4. The number of nitrogen functional groups attached to an aromatic ring is 1. The number of nitrogens with two attached hydrogens (primary N) is 1. The number of hydrogen-bond donors (Lipinski definition) is 1. The lowest BCUT2D eigenvalue weighted by Crippen LogP contribution is -2.04. The summed E-state index contributed by atoms with van der Waals surface area (Å²) in [4.78, 5) is 12.5. The van der Waals surface area contributed by atoms with Gasteiger partial charge in [-0.1, -0.05) is 33.8 Å². The fraction of sp³-hybridized carbons (Fsp3) is 0.375. The van der Waals surface area contributed by atoms with Gasteiger partial charge in [0.15, 0.2) is 0 Å². The number of nitriles is 1. The van der Waals surface area contributed by atoms with Gasteiger partial charge in [0.1, 0.15) is 11.5 Å². The third-order valence-electron chi connectivity index (χ3n) is 2.89. The van der Waals surface area contributed by atoms with Gasteiger partial charge >= 0.3 is 0 Å². The first-order valence-corrected chi connectivity index (χ1v) is 7.05. The van der Waals surface area contributed by atoms with E-state index < -0.39 is 0 Å². The van der Waals surface area contributed by atoms with Crippen molar-refractivity contribution in [2.45, 2.75) is 33.6 Å². The Bertz CT molecular complexity index is 582. The first kappa shape index (κ1) is 16.6. The van der Waals surface area contributed by atoms with Crippen molar-refractivity contribution in [2.75, 3.05) is 5.73 Å². The SMILES string of the molecule is CC.CC(C)C(C#N)c1ccc(-c2cnc(N)cn2)nc1. The lowest BCUT2D eigenvalue weighted by molar-refractivity contribution is 0.586. The Morgan fingerprint density at radius 2 is 1.67 bits per heavy atom. The van der Waals surface area contributed by atoms with Crippen LogP contribution in [-0.2, 0) is 0 Å². The van der Waals surface area contributed by atoms with Crippen LogP contribution in [0.4, 0.5) is 5.82 Å². The van der Waals surface area contributed by atoms with Crippen molar-refractivity contribution in [1.29, 1.82) is 5.26 Å². The predicted molar refractivity (Wildman–Crippen MR) is 84.2 cm³/mol. The molecule has 0 saturated carbocycles. The van der Waals surface area contributed by atoms with Crippen LogP contribution >= 0.6 is 0 Å². The van der Waals surface area contributed by atoms with Crippen molar-refractivity contribution < 1.29 is 0 Å². The minimum Gasteiger partial charge on any atom is -0.382 e. The van der Waals surface area contributed by atoms with Crippen molar-refractivity contribution in [3.8, 4) is 17.5 Å². The van der Waals surface area contributed by atoms with Crippen molar-refractivity contribution in [2.24, 2.45) is 5.92 Å². The fourth-order valence-electron chi connectivity index (χ4n) is 1.82. The highest BCUT2D eigenvalue weighted by atomic mass is 14.9. The normalized spacial score (nSPS) is 11.2. The van der Waals surface area contributed by atoms with E-state index in [4.69, 9.17) is 11.0 Å². The van der Waals surface area contributed by atoms with Crippen molar-refractivity contribution in [1.82, 2.24) is 15.0 Å². The Hall–Kier alpha value is -2.48. The molecule has 2 aromatic heterocycles. The summed E-state index contributed by atoms with van der Waals surface area (Å²) in [5.41, 5.74) is 7.80. The van der Waals surface area contributed by atoms with Gasteiger partial charge in [-0.05, 0) is 17.5 Å². The molecule has 0 bridgehead atoms. The largest absolute Gasteiger partial charge is 0.382 e. The molecule has 0 saturated heterocycles. The molecule has 0 aliphatic heterocycles. The molecular formula is C16H21N5. The van der Waals surface area contributed by atoms with Crippen LogP contribution in [-0.4, -0.2) is 15.0 Å². The zero-order valence-corrected chi connectivity index (χ0v) is 12.9. The lowest BCUT2D eigenvalue weighted by Gasteiger charge is -2.12. The lowest BCUT2D eigenvalue weighted by atomic mass is 9.91. The molecule has 2 aromatic rings. The van der Waals surface area contributed by atoms with E-state index in [0.29, 0.717) is 11.5 Å². The second-order valence-electron chi connectivity index (χ2n) is 4.65. The summed E-state index contributed by atoms with van der Waals surface area (Å²) in [5, 5.41) is 9.15. The maximum Gasteiger partial charge on any atom is 0.141 e. The van der Waals surface area contributed by atoms with Crippen LogP contribution in [0.1, 0.15) is 39.2 Å². The molecule has 21 heavy (non-hydrogen) atoms. The van der Waals surface area contributed by atoms with E-state index in [1.54, 1.807) is 12.4 Å². The van der Waals surface area contributed by atoms with Crippen LogP contribution in [0.5, 0.6) is 0 Å². The monoisotopic (exact) mass is 283 g/mol. The van der Waals surface area contributed by atoms with Gasteiger partial charge in [-0.25, -0.2) is 9.97 Å². The molecule has 2 rings (SSSR count). The summed E-state index contributed by atoms with van der Waals surface area (Å²) in [6.45, 7) is 8.04. The Balaban J connectivity index is 0.00000106. The zero-order chi connectivity index (χ0) is 15.8. The van der Waals surface area contributed by atoms with Crippen LogP contribution in [0, 0.1) is 17.2 Å². The Kier molecular flexibility index (Phi) is 6.28. The smallest absolute Gasteiger partial charge is 0.141 e. The van der Waals surface area contributed by atoms with E-state index in [2.05, 4.69) is 21.0 Å². The van der Waals surface area contributed by atoms with Gasteiger partial charge in [-0.15, -0.1) is 0 Å². The zero-order valence-electron chi connectivity index (χ0n) is 12.9. The molecule has 0 fully saturated rings. The molecule has 1 atom stereocenters. The minimum absolute atomic E-state index is 0.140. The van der Waals surface area contributed by atoms with E-state index in [1.165, 1.54) is 6.20 Å². The average molecular weight is 283 g/mol. The first-order chi connectivity index (χ1) is 10.1. The number of pyridine rings is 1. The van der Waals surface area contributed by atoms with Crippen LogP contribution in [0.15, 0.2) is 30.7 Å². The maximum absolute atomic E-state index is 9.15. The Morgan fingerprint density at radius 1 is 1.00 bits per heavy atom. The van der Waals surface area contributed by atoms with Gasteiger partial charge in [0, 0.05) is 6.20 Å². The second-order valence-corrected chi connectivity index (χ2v) is 4.65. The summed E-state index contributed by atoms with van der Waals surface area (Å²) in [6, 6.07) is 6.06. The van der Waals surface area contributed by atoms with Crippen molar-refractivity contribution in [3.05, 3.63) is 36.3 Å². The molecule has 0 aliphatic rings. The molecule has 5 nitrogen and oxygen atoms in total. The van der Waals surface area contributed by atoms with Crippen LogP contribution in [0.25, 0.3) is 11.4 Å². The molecule has 0 radical (unpaired) electrons. The molecule has 0 amide bonds. The van der Waals surface area contributed by atoms with Gasteiger partial charge in [0.25, 0.3) is 0 Å². The Labute approximate surface area is 125 Å². The van der Waals surface area contributed by atoms with E-state index in [1.807, 2.05) is 39.8 Å². The van der Waals surface area contributed by atoms with Crippen LogP contribution in [0.2, 0.25) is 0 Å². The first-order valence-electron chi connectivity index (χ1n) is 7.05. The predicted octanol–water partition coefficient (Wildman–Crippen LogP) is 3.41. The van der Waals surface area contributed by atoms with E-state index in [9.17, 15) is 0 Å². The summed E-state index contributed by atoms with van der Waals surface area (Å²) < 4.78 is 0. The third kappa shape index (κ3) is 4.25. The summed E-state index contributed by atoms with van der Waals surface area (Å²) in [6.07, 6.45) is 4.81.